The molecule has 6 heteroatoms. The molecule has 0 aromatic heterocycles. The summed E-state index contributed by atoms with van der Waals surface area (Å²) in [6, 6.07) is 12.2. The van der Waals surface area contributed by atoms with Crippen molar-refractivity contribution in [2.24, 2.45) is 0 Å². The number of halogens is 1. The van der Waals surface area contributed by atoms with Crippen LogP contribution in [0.5, 0.6) is 23.0 Å². The van der Waals surface area contributed by atoms with Crippen LogP contribution >= 0.6 is 15.9 Å². The first-order valence-corrected chi connectivity index (χ1v) is 7.93. The van der Waals surface area contributed by atoms with Crippen LogP contribution in [-0.2, 0) is 0 Å². The summed E-state index contributed by atoms with van der Waals surface area (Å²) in [6.07, 6.45) is -0.541. The Balaban J connectivity index is 2.23. The van der Waals surface area contributed by atoms with Crippen molar-refractivity contribution < 1.29 is 24.4 Å². The average Bonchev–Trinajstić information content (AvgIpc) is 2.59. The van der Waals surface area contributed by atoms with E-state index in [2.05, 4.69) is 15.9 Å². The molecule has 0 bridgehead atoms. The molecule has 0 heterocycles. The van der Waals surface area contributed by atoms with E-state index >= 15 is 0 Å². The summed E-state index contributed by atoms with van der Waals surface area (Å²) in [7, 11) is 3.05. The summed E-state index contributed by atoms with van der Waals surface area (Å²) >= 11 is 3.54. The summed E-state index contributed by atoms with van der Waals surface area (Å²) in [5.74, 6) is 1.56. The zero-order valence-corrected chi connectivity index (χ0v) is 14.5. The van der Waals surface area contributed by atoms with Gasteiger partial charge < -0.3 is 24.4 Å². The number of benzene rings is 2. The van der Waals surface area contributed by atoms with E-state index in [1.54, 1.807) is 37.4 Å². The molecule has 5 nitrogen and oxygen atoms in total. The van der Waals surface area contributed by atoms with Gasteiger partial charge in [-0.3, -0.25) is 0 Å². The third kappa shape index (κ3) is 4.09. The molecule has 0 radical (unpaired) electrons. The predicted molar refractivity (Wildman–Crippen MR) is 90.8 cm³/mol. The van der Waals surface area contributed by atoms with Crippen molar-refractivity contribution in [2.75, 3.05) is 20.8 Å². The maximum atomic E-state index is 9.69. The van der Waals surface area contributed by atoms with E-state index in [4.69, 9.17) is 14.2 Å². The first kappa shape index (κ1) is 17.4. The zero-order chi connectivity index (χ0) is 16.8. The maximum Gasteiger partial charge on any atom is 0.161 e. The van der Waals surface area contributed by atoms with Gasteiger partial charge >= 0.3 is 0 Å². The highest BCUT2D eigenvalue weighted by Crippen LogP contribution is 2.36. The molecule has 2 aromatic rings. The van der Waals surface area contributed by atoms with Crippen molar-refractivity contribution in [3.63, 3.8) is 0 Å². The van der Waals surface area contributed by atoms with Crippen LogP contribution in [0.15, 0.2) is 42.5 Å². The number of phenols is 1. The minimum atomic E-state index is -0.541. The average molecular weight is 383 g/mol. The monoisotopic (exact) mass is 382 g/mol. The lowest BCUT2D eigenvalue weighted by Gasteiger charge is -2.24. The minimum Gasteiger partial charge on any atom is -0.504 e. The van der Waals surface area contributed by atoms with E-state index in [0.29, 0.717) is 17.2 Å². The maximum absolute atomic E-state index is 9.69. The molecule has 2 atom stereocenters. The number of hydrogen-bond acceptors (Lipinski definition) is 5. The molecule has 0 aliphatic heterocycles. The molecule has 23 heavy (non-hydrogen) atoms. The molecule has 2 N–H and O–H groups in total. The van der Waals surface area contributed by atoms with Gasteiger partial charge in [0.15, 0.2) is 23.0 Å². The topological polar surface area (TPSA) is 68.2 Å². The molecule has 0 spiro atoms. The third-order valence-electron chi connectivity index (χ3n) is 3.38. The van der Waals surface area contributed by atoms with Crippen LogP contribution in [0.4, 0.5) is 0 Å². The van der Waals surface area contributed by atoms with Crippen molar-refractivity contribution >= 4 is 15.9 Å². The number of hydrogen-bond donors (Lipinski definition) is 2. The highest BCUT2D eigenvalue weighted by atomic mass is 79.9. The van der Waals surface area contributed by atoms with Crippen LogP contribution in [0.3, 0.4) is 0 Å². The summed E-state index contributed by atoms with van der Waals surface area (Å²) in [6.45, 7) is -0.197. The molecule has 0 amide bonds. The van der Waals surface area contributed by atoms with Gasteiger partial charge in [-0.2, -0.15) is 0 Å². The van der Waals surface area contributed by atoms with E-state index < -0.39 is 6.10 Å². The Kier molecular flexibility index (Phi) is 6.12. The summed E-state index contributed by atoms with van der Waals surface area (Å²) in [5.41, 5.74) is 0.814. The van der Waals surface area contributed by atoms with Crippen LogP contribution in [0, 0.1) is 0 Å². The Morgan fingerprint density at radius 2 is 1.65 bits per heavy atom. The lowest BCUT2D eigenvalue weighted by atomic mass is 10.1. The van der Waals surface area contributed by atoms with Crippen LogP contribution in [0.1, 0.15) is 10.4 Å². The number of para-hydroxylation sites is 2. The fraction of sp³-hybridized carbons (Fsp3) is 0.294. The second-order valence-corrected chi connectivity index (χ2v) is 5.81. The summed E-state index contributed by atoms with van der Waals surface area (Å²) < 4.78 is 16.2. The van der Waals surface area contributed by atoms with Crippen LogP contribution in [0.25, 0.3) is 0 Å². The van der Waals surface area contributed by atoms with E-state index in [9.17, 15) is 10.2 Å². The van der Waals surface area contributed by atoms with Crippen LogP contribution in [-0.4, -0.2) is 37.1 Å². The predicted octanol–water partition coefficient (Wildman–Crippen LogP) is 3.29. The number of aliphatic hydroxyl groups is 1. The van der Waals surface area contributed by atoms with E-state index in [0.717, 1.165) is 5.56 Å². The van der Waals surface area contributed by atoms with Gasteiger partial charge in [0.2, 0.25) is 0 Å². The van der Waals surface area contributed by atoms with Gasteiger partial charge in [0.25, 0.3) is 0 Å². The Morgan fingerprint density at radius 1 is 1.00 bits per heavy atom. The number of phenolic OH excluding ortho intramolecular Hbond substituents is 1. The standard InChI is InChI=1S/C17H19BrO5/c1-21-13-5-3-4-6-14(13)23-16(10-19)17(18)11-7-8-12(20)15(9-11)22-2/h3-9,16-17,19-20H,10H2,1-2H3/t16-,17-/m1/s1. The fourth-order valence-electron chi connectivity index (χ4n) is 2.15. The van der Waals surface area contributed by atoms with Crippen LogP contribution in [0.2, 0.25) is 0 Å². The van der Waals surface area contributed by atoms with Gasteiger partial charge in [0.1, 0.15) is 6.10 Å². The largest absolute Gasteiger partial charge is 0.504 e. The molecule has 0 fully saturated rings. The molecule has 0 unspecified atom stereocenters. The molecule has 2 aromatic carbocycles. The molecule has 0 saturated carbocycles. The molecular weight excluding hydrogens is 364 g/mol. The van der Waals surface area contributed by atoms with Crippen molar-refractivity contribution in [1.29, 1.82) is 0 Å². The second kappa shape index (κ2) is 8.08. The SMILES string of the molecule is COc1cc([C@@H](Br)[C@@H](CO)Oc2ccccc2OC)ccc1O. The normalized spacial score (nSPS) is 13.2. The molecule has 2 rings (SSSR count). The Morgan fingerprint density at radius 3 is 2.26 bits per heavy atom. The lowest BCUT2D eigenvalue weighted by molar-refractivity contribution is 0.111. The van der Waals surface area contributed by atoms with Gasteiger partial charge in [-0.05, 0) is 29.8 Å². The van der Waals surface area contributed by atoms with E-state index in [1.807, 2.05) is 12.1 Å². The Bertz CT molecular complexity index is 647. The van der Waals surface area contributed by atoms with Gasteiger partial charge in [0, 0.05) is 0 Å². The van der Waals surface area contributed by atoms with Crippen molar-refractivity contribution in [3.8, 4) is 23.0 Å². The second-order valence-electron chi connectivity index (χ2n) is 4.82. The van der Waals surface area contributed by atoms with E-state index in [-0.39, 0.29) is 17.2 Å². The van der Waals surface area contributed by atoms with Crippen molar-refractivity contribution in [3.05, 3.63) is 48.0 Å². The van der Waals surface area contributed by atoms with Gasteiger partial charge in [0.05, 0.1) is 25.7 Å². The number of rotatable bonds is 7. The summed E-state index contributed by atoms with van der Waals surface area (Å²) in [4.78, 5) is -0.299. The van der Waals surface area contributed by atoms with Crippen molar-refractivity contribution in [1.82, 2.24) is 0 Å². The van der Waals surface area contributed by atoms with Crippen molar-refractivity contribution in [2.45, 2.75) is 10.9 Å². The highest BCUT2D eigenvalue weighted by molar-refractivity contribution is 9.09. The number of ether oxygens (including phenoxy) is 3. The molecule has 0 aliphatic rings. The fourth-order valence-corrected chi connectivity index (χ4v) is 2.71. The van der Waals surface area contributed by atoms with Gasteiger partial charge in [-0.25, -0.2) is 0 Å². The molecular formula is C17H19BrO5. The van der Waals surface area contributed by atoms with Gasteiger partial charge in [-0.1, -0.05) is 34.1 Å². The number of methoxy groups -OCH3 is 2. The Hall–Kier alpha value is -1.92. The quantitative estimate of drug-likeness (QED) is 0.719. The molecule has 0 saturated heterocycles. The summed E-state index contributed by atoms with van der Waals surface area (Å²) in [5, 5.41) is 19.4. The number of alkyl halides is 1. The van der Waals surface area contributed by atoms with Crippen LogP contribution < -0.4 is 14.2 Å². The highest BCUT2D eigenvalue weighted by Gasteiger charge is 2.24. The zero-order valence-electron chi connectivity index (χ0n) is 12.9. The first-order chi connectivity index (χ1) is 11.1. The molecule has 0 aliphatic carbocycles. The number of aliphatic hydroxyl groups excluding tert-OH is 1. The Labute approximate surface area is 143 Å². The smallest absolute Gasteiger partial charge is 0.161 e. The first-order valence-electron chi connectivity index (χ1n) is 7.02. The minimum absolute atomic E-state index is 0.0575. The van der Waals surface area contributed by atoms with E-state index in [1.165, 1.54) is 7.11 Å². The molecule has 124 valence electrons. The number of aromatic hydroxyl groups is 1. The lowest BCUT2D eigenvalue weighted by Crippen LogP contribution is -2.26. The third-order valence-corrected chi connectivity index (χ3v) is 4.49. The van der Waals surface area contributed by atoms with Gasteiger partial charge in [-0.15, -0.1) is 0 Å².